The predicted octanol–water partition coefficient (Wildman–Crippen LogP) is 2.98. The molecule has 0 heterocycles. The van der Waals surface area contributed by atoms with Crippen LogP contribution in [-0.2, 0) is 0 Å². The maximum absolute atomic E-state index is 13.2. The van der Waals surface area contributed by atoms with Gasteiger partial charge in [0.2, 0.25) is 0 Å². The van der Waals surface area contributed by atoms with E-state index < -0.39 is 28.4 Å². The molecule has 24 heavy (non-hydrogen) atoms. The summed E-state index contributed by atoms with van der Waals surface area (Å²) < 4.78 is 13.2. The molecule has 0 saturated carbocycles. The highest BCUT2D eigenvalue weighted by molar-refractivity contribution is 5.98. The van der Waals surface area contributed by atoms with Crippen molar-refractivity contribution in [1.29, 1.82) is 0 Å². The van der Waals surface area contributed by atoms with E-state index in [9.17, 15) is 19.3 Å². The molecule has 2 N–H and O–H groups in total. The summed E-state index contributed by atoms with van der Waals surface area (Å²) in [4.78, 5) is 22.7. The SMILES string of the molecule is O=C(NC(CCCO)c1ccccc1)c1ccc(F)cc1[N+](=O)[O-]. The zero-order valence-corrected chi connectivity index (χ0v) is 12.8. The first-order valence-electron chi connectivity index (χ1n) is 7.43. The van der Waals surface area contributed by atoms with E-state index in [1.165, 1.54) is 0 Å². The summed E-state index contributed by atoms with van der Waals surface area (Å²) in [5, 5.41) is 22.8. The van der Waals surface area contributed by atoms with Crippen molar-refractivity contribution in [1.82, 2.24) is 5.32 Å². The summed E-state index contributed by atoms with van der Waals surface area (Å²) in [5.41, 5.74) is 0.0388. The number of carbonyl (C=O) groups excluding carboxylic acids is 1. The van der Waals surface area contributed by atoms with Crippen LogP contribution in [0.1, 0.15) is 34.8 Å². The number of hydrogen-bond acceptors (Lipinski definition) is 4. The Morgan fingerprint density at radius 2 is 1.96 bits per heavy atom. The summed E-state index contributed by atoms with van der Waals surface area (Å²) >= 11 is 0. The van der Waals surface area contributed by atoms with Crippen LogP contribution in [-0.4, -0.2) is 22.5 Å². The molecule has 1 atom stereocenters. The van der Waals surface area contributed by atoms with Crippen LogP contribution >= 0.6 is 0 Å². The first-order chi connectivity index (χ1) is 11.5. The Bertz CT molecular complexity index is 722. The van der Waals surface area contributed by atoms with Gasteiger partial charge in [0, 0.05) is 6.61 Å². The normalized spacial score (nSPS) is 11.8. The second kappa shape index (κ2) is 8.16. The molecule has 6 nitrogen and oxygen atoms in total. The van der Waals surface area contributed by atoms with E-state index in [4.69, 9.17) is 5.11 Å². The number of nitrogens with zero attached hydrogens (tertiary/aromatic N) is 1. The second-order valence-electron chi connectivity index (χ2n) is 5.22. The zero-order valence-electron chi connectivity index (χ0n) is 12.8. The Hall–Kier alpha value is -2.80. The third-order valence-electron chi connectivity index (χ3n) is 3.56. The molecule has 0 aliphatic carbocycles. The molecular weight excluding hydrogens is 315 g/mol. The largest absolute Gasteiger partial charge is 0.396 e. The number of benzene rings is 2. The molecule has 0 fully saturated rings. The fourth-order valence-corrected chi connectivity index (χ4v) is 2.39. The van der Waals surface area contributed by atoms with Crippen molar-refractivity contribution in [2.75, 3.05) is 6.61 Å². The lowest BCUT2D eigenvalue weighted by molar-refractivity contribution is -0.385. The van der Waals surface area contributed by atoms with Crippen LogP contribution in [0.2, 0.25) is 0 Å². The number of nitro benzene ring substituents is 1. The quantitative estimate of drug-likeness (QED) is 0.602. The van der Waals surface area contributed by atoms with Crippen molar-refractivity contribution in [3.63, 3.8) is 0 Å². The number of nitrogens with one attached hydrogen (secondary N) is 1. The summed E-state index contributed by atoms with van der Waals surface area (Å²) in [6.07, 6.45) is 0.937. The Labute approximate surface area is 138 Å². The van der Waals surface area contributed by atoms with Gasteiger partial charge in [0.1, 0.15) is 11.4 Å². The van der Waals surface area contributed by atoms with Crippen LogP contribution in [0.15, 0.2) is 48.5 Å². The number of rotatable bonds is 7. The number of aliphatic hydroxyl groups is 1. The first-order valence-corrected chi connectivity index (χ1v) is 7.43. The van der Waals surface area contributed by atoms with E-state index in [-0.39, 0.29) is 12.2 Å². The third kappa shape index (κ3) is 4.36. The minimum absolute atomic E-state index is 0.0318. The van der Waals surface area contributed by atoms with Crippen molar-refractivity contribution < 1.29 is 19.2 Å². The van der Waals surface area contributed by atoms with Gasteiger partial charge < -0.3 is 10.4 Å². The minimum atomic E-state index is -0.788. The smallest absolute Gasteiger partial charge is 0.285 e. The lowest BCUT2D eigenvalue weighted by Crippen LogP contribution is -2.29. The maximum Gasteiger partial charge on any atom is 0.285 e. The molecule has 2 rings (SSSR count). The van der Waals surface area contributed by atoms with Gasteiger partial charge in [-0.05, 0) is 30.5 Å². The number of halogens is 1. The molecule has 1 amide bonds. The average Bonchev–Trinajstić information content (AvgIpc) is 2.59. The highest BCUT2D eigenvalue weighted by Crippen LogP contribution is 2.23. The summed E-state index contributed by atoms with van der Waals surface area (Å²) in [5.74, 6) is -1.44. The molecule has 0 spiro atoms. The topological polar surface area (TPSA) is 92.5 Å². The molecule has 7 heteroatoms. The Kier molecular flexibility index (Phi) is 5.97. The van der Waals surface area contributed by atoms with Gasteiger partial charge in [-0.3, -0.25) is 14.9 Å². The molecule has 0 radical (unpaired) electrons. The highest BCUT2D eigenvalue weighted by atomic mass is 19.1. The Morgan fingerprint density at radius 3 is 2.58 bits per heavy atom. The summed E-state index contributed by atoms with van der Waals surface area (Å²) in [7, 11) is 0. The molecule has 0 aliphatic rings. The number of amides is 1. The molecule has 1 unspecified atom stereocenters. The maximum atomic E-state index is 13.2. The van der Waals surface area contributed by atoms with Gasteiger partial charge in [-0.25, -0.2) is 4.39 Å². The first kappa shape index (κ1) is 17.6. The van der Waals surface area contributed by atoms with Crippen molar-refractivity contribution in [2.45, 2.75) is 18.9 Å². The second-order valence-corrected chi connectivity index (χ2v) is 5.22. The number of aliphatic hydroxyl groups excluding tert-OH is 1. The van der Waals surface area contributed by atoms with E-state index in [1.807, 2.05) is 30.3 Å². The molecule has 0 aromatic heterocycles. The van der Waals surface area contributed by atoms with Crippen molar-refractivity contribution in [3.05, 3.63) is 75.6 Å². The van der Waals surface area contributed by atoms with Gasteiger partial charge in [-0.1, -0.05) is 30.3 Å². The zero-order chi connectivity index (χ0) is 17.5. The standard InChI is InChI=1S/C17H17FN2O4/c18-13-8-9-14(16(11-13)20(23)24)17(22)19-15(7-4-10-21)12-5-2-1-3-6-12/h1-3,5-6,8-9,11,15,21H,4,7,10H2,(H,19,22). The van der Waals surface area contributed by atoms with Crippen LogP contribution in [0.25, 0.3) is 0 Å². The third-order valence-corrected chi connectivity index (χ3v) is 3.56. The van der Waals surface area contributed by atoms with E-state index in [1.54, 1.807) is 0 Å². The van der Waals surface area contributed by atoms with E-state index in [0.29, 0.717) is 12.8 Å². The molecule has 2 aromatic carbocycles. The summed E-state index contributed by atoms with van der Waals surface area (Å²) in [6, 6.07) is 11.5. The fraction of sp³-hybridized carbons (Fsp3) is 0.235. The highest BCUT2D eigenvalue weighted by Gasteiger charge is 2.23. The molecular formula is C17H17FN2O4. The van der Waals surface area contributed by atoms with Crippen LogP contribution in [0.4, 0.5) is 10.1 Å². The summed E-state index contributed by atoms with van der Waals surface area (Å²) in [6.45, 7) is -0.0318. The number of nitro groups is 1. The lowest BCUT2D eigenvalue weighted by Gasteiger charge is -2.19. The molecule has 0 saturated heterocycles. The fourth-order valence-electron chi connectivity index (χ4n) is 2.39. The van der Waals surface area contributed by atoms with Crippen molar-refractivity contribution >= 4 is 11.6 Å². The van der Waals surface area contributed by atoms with Gasteiger partial charge >= 0.3 is 0 Å². The number of hydrogen-bond donors (Lipinski definition) is 2. The number of carbonyl (C=O) groups is 1. The van der Waals surface area contributed by atoms with Gasteiger partial charge in [0.15, 0.2) is 0 Å². The van der Waals surface area contributed by atoms with E-state index in [2.05, 4.69) is 5.32 Å². The minimum Gasteiger partial charge on any atom is -0.396 e. The molecule has 0 bridgehead atoms. The lowest BCUT2D eigenvalue weighted by atomic mass is 10.0. The average molecular weight is 332 g/mol. The molecule has 2 aromatic rings. The van der Waals surface area contributed by atoms with Crippen LogP contribution in [0, 0.1) is 15.9 Å². The molecule has 126 valence electrons. The van der Waals surface area contributed by atoms with Gasteiger partial charge in [0.25, 0.3) is 11.6 Å². The Balaban J connectivity index is 2.26. The van der Waals surface area contributed by atoms with Gasteiger partial charge in [-0.15, -0.1) is 0 Å². The van der Waals surface area contributed by atoms with Crippen LogP contribution in [0.5, 0.6) is 0 Å². The van der Waals surface area contributed by atoms with Crippen molar-refractivity contribution in [2.24, 2.45) is 0 Å². The van der Waals surface area contributed by atoms with Crippen molar-refractivity contribution in [3.8, 4) is 0 Å². The van der Waals surface area contributed by atoms with E-state index in [0.717, 1.165) is 23.8 Å². The van der Waals surface area contributed by atoms with Gasteiger partial charge in [0.05, 0.1) is 17.0 Å². The predicted molar refractivity (Wildman–Crippen MR) is 86.0 cm³/mol. The Morgan fingerprint density at radius 1 is 1.25 bits per heavy atom. The monoisotopic (exact) mass is 332 g/mol. The van der Waals surface area contributed by atoms with E-state index >= 15 is 0 Å². The van der Waals surface area contributed by atoms with Crippen LogP contribution < -0.4 is 5.32 Å². The molecule has 0 aliphatic heterocycles. The van der Waals surface area contributed by atoms with Gasteiger partial charge in [-0.2, -0.15) is 0 Å². The van der Waals surface area contributed by atoms with Crippen LogP contribution in [0.3, 0.4) is 0 Å².